The number of hydrogen-bond donors (Lipinski definition) is 2. The fourth-order valence-electron chi connectivity index (χ4n) is 1.69. The van der Waals surface area contributed by atoms with Crippen molar-refractivity contribution in [1.29, 1.82) is 0 Å². The van der Waals surface area contributed by atoms with Gasteiger partial charge in [-0.2, -0.15) is 0 Å². The zero-order valence-corrected chi connectivity index (χ0v) is 13.1. The van der Waals surface area contributed by atoms with Gasteiger partial charge in [0.2, 0.25) is 10.0 Å². The van der Waals surface area contributed by atoms with Crippen LogP contribution in [-0.4, -0.2) is 23.9 Å². The third kappa shape index (κ3) is 3.43. The summed E-state index contributed by atoms with van der Waals surface area (Å²) in [5.41, 5.74) is 0.123. The normalized spacial score (nSPS) is 12.1. The number of nitrogens with one attached hydrogen (secondary N) is 2. The van der Waals surface area contributed by atoms with Gasteiger partial charge >= 0.3 is 0 Å². The highest BCUT2D eigenvalue weighted by Gasteiger charge is 2.19. The number of sulfonamides is 2. The van der Waals surface area contributed by atoms with E-state index in [1.54, 1.807) is 0 Å². The van der Waals surface area contributed by atoms with Gasteiger partial charge in [-0.3, -0.25) is 4.72 Å². The Morgan fingerprint density at radius 1 is 0.864 bits per heavy atom. The first-order valence-corrected chi connectivity index (χ1v) is 9.04. The molecule has 0 aliphatic rings. The minimum Gasteiger partial charge on any atom is -0.280 e. The van der Waals surface area contributed by atoms with Gasteiger partial charge in [-0.1, -0.05) is 12.1 Å². The average molecular weight is 344 g/mol. The lowest BCUT2D eigenvalue weighted by molar-refractivity contribution is 0.570. The summed E-state index contributed by atoms with van der Waals surface area (Å²) in [4.78, 5) is -0.495. The van der Waals surface area contributed by atoms with Crippen LogP contribution < -0.4 is 9.44 Å². The van der Waals surface area contributed by atoms with Gasteiger partial charge in [-0.05, 0) is 43.4 Å². The van der Waals surface area contributed by atoms with E-state index in [9.17, 15) is 21.2 Å². The highest BCUT2D eigenvalue weighted by Crippen LogP contribution is 2.20. The van der Waals surface area contributed by atoms with Gasteiger partial charge in [-0.25, -0.2) is 25.9 Å². The predicted octanol–water partition coefficient (Wildman–Crippen LogP) is 1.53. The summed E-state index contributed by atoms with van der Waals surface area (Å²) in [5, 5.41) is 0. The standard InChI is InChI=1S/C13H13FN2O4S2/c1-15-21(17,18)11-8-6-10(7-9-11)16-22(19,20)13-5-3-2-4-12(13)14/h2-9,15-16H,1H3. The molecule has 0 aliphatic carbocycles. The Morgan fingerprint density at radius 2 is 1.45 bits per heavy atom. The van der Waals surface area contributed by atoms with Crippen LogP contribution in [0.1, 0.15) is 0 Å². The fraction of sp³-hybridized carbons (Fsp3) is 0.0769. The number of halogens is 1. The van der Waals surface area contributed by atoms with E-state index in [2.05, 4.69) is 9.44 Å². The molecule has 118 valence electrons. The Kier molecular flexibility index (Phi) is 4.50. The molecular weight excluding hydrogens is 331 g/mol. The lowest BCUT2D eigenvalue weighted by Crippen LogP contribution is -2.18. The molecule has 0 saturated carbocycles. The molecule has 6 nitrogen and oxygen atoms in total. The van der Waals surface area contributed by atoms with E-state index in [0.717, 1.165) is 12.1 Å². The first-order valence-electron chi connectivity index (χ1n) is 6.07. The Bertz CT molecular complexity index is 879. The molecule has 0 aromatic heterocycles. The first-order chi connectivity index (χ1) is 10.3. The van der Waals surface area contributed by atoms with Crippen LogP contribution in [0.2, 0.25) is 0 Å². The minimum absolute atomic E-state index is 0.0103. The zero-order chi connectivity index (χ0) is 16.4. The molecular formula is C13H13FN2O4S2. The zero-order valence-electron chi connectivity index (χ0n) is 11.4. The summed E-state index contributed by atoms with van der Waals surface area (Å²) in [6.07, 6.45) is 0. The molecule has 0 amide bonds. The van der Waals surface area contributed by atoms with Crippen molar-refractivity contribution in [2.45, 2.75) is 9.79 Å². The Balaban J connectivity index is 2.30. The highest BCUT2D eigenvalue weighted by atomic mass is 32.2. The Morgan fingerprint density at radius 3 is 2.00 bits per heavy atom. The molecule has 9 heteroatoms. The van der Waals surface area contributed by atoms with E-state index in [4.69, 9.17) is 0 Å². The van der Waals surface area contributed by atoms with Crippen molar-refractivity contribution in [3.8, 4) is 0 Å². The smallest absolute Gasteiger partial charge is 0.264 e. The molecule has 0 radical (unpaired) electrons. The monoisotopic (exact) mass is 344 g/mol. The third-order valence-corrected chi connectivity index (χ3v) is 5.66. The van der Waals surface area contributed by atoms with Crippen molar-refractivity contribution in [3.05, 3.63) is 54.3 Å². The Labute approximate surface area is 128 Å². The molecule has 2 rings (SSSR count). The second-order valence-corrected chi connectivity index (χ2v) is 7.81. The molecule has 0 spiro atoms. The molecule has 0 unspecified atom stereocenters. The molecule has 0 bridgehead atoms. The van der Waals surface area contributed by atoms with E-state index in [1.807, 2.05) is 0 Å². The van der Waals surface area contributed by atoms with Crippen LogP contribution in [0.5, 0.6) is 0 Å². The maximum atomic E-state index is 13.5. The topological polar surface area (TPSA) is 92.3 Å². The first kappa shape index (κ1) is 16.4. The maximum absolute atomic E-state index is 13.5. The van der Waals surface area contributed by atoms with Crippen molar-refractivity contribution in [2.75, 3.05) is 11.8 Å². The van der Waals surface area contributed by atoms with Gasteiger partial charge in [0.25, 0.3) is 10.0 Å². The Hall–Kier alpha value is -1.97. The van der Waals surface area contributed by atoms with E-state index in [-0.39, 0.29) is 10.6 Å². The lowest BCUT2D eigenvalue weighted by atomic mass is 10.3. The molecule has 2 aromatic rings. The van der Waals surface area contributed by atoms with E-state index < -0.39 is 30.8 Å². The fourth-order valence-corrected chi connectivity index (χ4v) is 3.56. The molecule has 0 heterocycles. The second kappa shape index (κ2) is 6.03. The van der Waals surface area contributed by atoms with Crippen molar-refractivity contribution < 1.29 is 21.2 Å². The van der Waals surface area contributed by atoms with Crippen LogP contribution in [0.25, 0.3) is 0 Å². The van der Waals surface area contributed by atoms with Crippen molar-refractivity contribution in [1.82, 2.24) is 4.72 Å². The van der Waals surface area contributed by atoms with E-state index >= 15 is 0 Å². The van der Waals surface area contributed by atoms with Crippen LogP contribution in [0.15, 0.2) is 58.3 Å². The molecule has 2 N–H and O–H groups in total. The molecule has 0 atom stereocenters. The molecule has 2 aromatic carbocycles. The van der Waals surface area contributed by atoms with Crippen molar-refractivity contribution in [2.24, 2.45) is 0 Å². The third-order valence-electron chi connectivity index (χ3n) is 2.81. The van der Waals surface area contributed by atoms with E-state index in [1.165, 1.54) is 43.4 Å². The van der Waals surface area contributed by atoms with Crippen LogP contribution in [0, 0.1) is 5.82 Å². The molecule has 22 heavy (non-hydrogen) atoms. The molecule has 0 fully saturated rings. The summed E-state index contributed by atoms with van der Waals surface area (Å²) >= 11 is 0. The van der Waals surface area contributed by atoms with Gasteiger partial charge in [-0.15, -0.1) is 0 Å². The van der Waals surface area contributed by atoms with Gasteiger partial charge in [0.1, 0.15) is 10.7 Å². The quantitative estimate of drug-likeness (QED) is 0.860. The van der Waals surface area contributed by atoms with Crippen LogP contribution >= 0.6 is 0 Å². The van der Waals surface area contributed by atoms with Crippen molar-refractivity contribution in [3.63, 3.8) is 0 Å². The number of benzene rings is 2. The number of hydrogen-bond acceptors (Lipinski definition) is 4. The number of rotatable bonds is 5. The SMILES string of the molecule is CNS(=O)(=O)c1ccc(NS(=O)(=O)c2ccccc2F)cc1. The molecule has 0 saturated heterocycles. The summed E-state index contributed by atoms with van der Waals surface area (Å²) in [6.45, 7) is 0. The predicted molar refractivity (Wildman–Crippen MR) is 79.9 cm³/mol. The summed E-state index contributed by atoms with van der Waals surface area (Å²) in [7, 11) is -6.42. The summed E-state index contributed by atoms with van der Waals surface area (Å²) in [5.74, 6) is -0.871. The average Bonchev–Trinajstić information content (AvgIpc) is 2.47. The molecule has 0 aliphatic heterocycles. The largest absolute Gasteiger partial charge is 0.280 e. The number of anilines is 1. The van der Waals surface area contributed by atoms with Gasteiger partial charge in [0.15, 0.2) is 0 Å². The second-order valence-electron chi connectivity index (χ2n) is 4.27. The highest BCUT2D eigenvalue weighted by molar-refractivity contribution is 7.92. The van der Waals surface area contributed by atoms with Crippen LogP contribution in [-0.2, 0) is 20.0 Å². The van der Waals surface area contributed by atoms with Crippen LogP contribution in [0.3, 0.4) is 0 Å². The van der Waals surface area contributed by atoms with Crippen LogP contribution in [0.4, 0.5) is 10.1 Å². The van der Waals surface area contributed by atoms with Crippen molar-refractivity contribution >= 4 is 25.7 Å². The van der Waals surface area contributed by atoms with Gasteiger partial charge in [0.05, 0.1) is 4.90 Å². The lowest BCUT2D eigenvalue weighted by Gasteiger charge is -2.09. The minimum atomic E-state index is -4.09. The summed E-state index contributed by atoms with van der Waals surface area (Å²) in [6, 6.07) is 10.0. The van der Waals surface area contributed by atoms with E-state index in [0.29, 0.717) is 0 Å². The van der Waals surface area contributed by atoms with Gasteiger partial charge < -0.3 is 0 Å². The maximum Gasteiger partial charge on any atom is 0.264 e. The van der Waals surface area contributed by atoms with Gasteiger partial charge in [0, 0.05) is 5.69 Å². The summed E-state index contributed by atoms with van der Waals surface area (Å²) < 4.78 is 65.2.